The van der Waals surface area contributed by atoms with E-state index in [0.29, 0.717) is 41.9 Å². The molecule has 1 unspecified atom stereocenters. The number of carbonyl (C=O) groups excluding carboxylic acids is 2. The molecule has 1 atom stereocenters. The van der Waals surface area contributed by atoms with Crippen molar-refractivity contribution in [2.24, 2.45) is 0 Å². The van der Waals surface area contributed by atoms with Crippen molar-refractivity contribution in [3.63, 3.8) is 0 Å². The Balaban J connectivity index is 1.28. The van der Waals surface area contributed by atoms with E-state index >= 15 is 0 Å². The van der Waals surface area contributed by atoms with Crippen LogP contribution in [0.25, 0.3) is 17.1 Å². The van der Waals surface area contributed by atoms with E-state index in [-0.39, 0.29) is 23.6 Å². The topological polar surface area (TPSA) is 89.8 Å². The number of amides is 2. The van der Waals surface area contributed by atoms with Crippen molar-refractivity contribution in [1.29, 1.82) is 0 Å². The van der Waals surface area contributed by atoms with Crippen LogP contribution in [0.2, 0.25) is 0 Å². The third kappa shape index (κ3) is 6.22. The Kier molecular flexibility index (Phi) is 8.58. The zero-order valence-electron chi connectivity index (χ0n) is 23.6. The van der Waals surface area contributed by atoms with Gasteiger partial charge in [0.05, 0.1) is 20.0 Å². The fraction of sp³-hybridized carbons (Fsp3) is 0.290. The van der Waals surface area contributed by atoms with Crippen LogP contribution in [0.4, 0.5) is 0 Å². The van der Waals surface area contributed by atoms with Gasteiger partial charge in [0, 0.05) is 42.5 Å². The van der Waals surface area contributed by atoms with Crippen molar-refractivity contribution < 1.29 is 19.1 Å². The number of hydrogen-bond donors (Lipinski definition) is 0. The number of aromatic nitrogens is 3. The van der Waals surface area contributed by atoms with Gasteiger partial charge >= 0.3 is 0 Å². The molecule has 3 aromatic carbocycles. The fourth-order valence-corrected chi connectivity index (χ4v) is 5.67. The molecular weight excluding hydrogens is 538 g/mol. The number of methoxy groups -OCH3 is 2. The summed E-state index contributed by atoms with van der Waals surface area (Å²) in [5, 5.41) is 9.58. The molecule has 41 heavy (non-hydrogen) atoms. The van der Waals surface area contributed by atoms with Gasteiger partial charge in [0.15, 0.2) is 11.0 Å². The van der Waals surface area contributed by atoms with Gasteiger partial charge in [0.25, 0.3) is 5.91 Å². The van der Waals surface area contributed by atoms with E-state index in [0.717, 1.165) is 22.6 Å². The minimum atomic E-state index is -0.108. The predicted octanol–water partition coefficient (Wildman–Crippen LogP) is 4.73. The molecule has 0 aliphatic carbocycles. The molecule has 1 fully saturated rings. The highest BCUT2D eigenvalue weighted by Gasteiger charge is 2.30. The number of aryl methyl sites for hydroxylation is 1. The van der Waals surface area contributed by atoms with Gasteiger partial charge in [-0.1, -0.05) is 41.6 Å². The molecule has 4 aromatic rings. The van der Waals surface area contributed by atoms with Crippen molar-refractivity contribution >= 4 is 23.6 Å². The van der Waals surface area contributed by atoms with E-state index in [2.05, 4.69) is 10.2 Å². The van der Waals surface area contributed by atoms with E-state index < -0.39 is 0 Å². The van der Waals surface area contributed by atoms with E-state index in [9.17, 15) is 9.59 Å². The second kappa shape index (κ2) is 12.5. The third-order valence-electron chi connectivity index (χ3n) is 7.18. The molecule has 9 nitrogen and oxygen atoms in total. The summed E-state index contributed by atoms with van der Waals surface area (Å²) < 4.78 is 12.5. The molecule has 1 aliphatic rings. The highest BCUT2D eigenvalue weighted by atomic mass is 32.2. The number of rotatable bonds is 8. The van der Waals surface area contributed by atoms with Crippen molar-refractivity contribution in [3.8, 4) is 28.6 Å². The maximum Gasteiger partial charge on any atom is 0.254 e. The summed E-state index contributed by atoms with van der Waals surface area (Å²) in [6, 6.07) is 22.8. The maximum absolute atomic E-state index is 13.3. The van der Waals surface area contributed by atoms with E-state index in [1.165, 1.54) is 11.8 Å². The zero-order chi connectivity index (χ0) is 28.9. The van der Waals surface area contributed by atoms with Crippen LogP contribution in [0.1, 0.15) is 22.8 Å². The lowest BCUT2D eigenvalue weighted by molar-refractivity contribution is -0.130. The largest absolute Gasteiger partial charge is 0.497 e. The Hall–Kier alpha value is -4.31. The zero-order valence-corrected chi connectivity index (χ0v) is 24.4. The minimum absolute atomic E-state index is 0.000404. The van der Waals surface area contributed by atoms with Crippen LogP contribution in [0.3, 0.4) is 0 Å². The Bertz CT molecular complexity index is 1500. The molecule has 0 bridgehead atoms. The Morgan fingerprint density at radius 1 is 0.878 bits per heavy atom. The molecule has 0 spiro atoms. The first kappa shape index (κ1) is 28.2. The molecule has 1 aliphatic heterocycles. The average molecular weight is 572 g/mol. The summed E-state index contributed by atoms with van der Waals surface area (Å²) >= 11 is 1.36. The predicted molar refractivity (Wildman–Crippen MR) is 159 cm³/mol. The van der Waals surface area contributed by atoms with Gasteiger partial charge in [-0.3, -0.25) is 14.2 Å². The van der Waals surface area contributed by atoms with Crippen LogP contribution < -0.4 is 9.47 Å². The Labute approximate surface area is 244 Å². The highest BCUT2D eigenvalue weighted by Crippen LogP contribution is 2.29. The molecule has 2 amide bonds. The summed E-state index contributed by atoms with van der Waals surface area (Å²) in [4.78, 5) is 30.0. The number of piperazine rings is 1. The van der Waals surface area contributed by atoms with Crippen molar-refractivity contribution in [3.05, 3.63) is 83.9 Å². The Morgan fingerprint density at radius 3 is 2.12 bits per heavy atom. The maximum atomic E-state index is 13.3. The summed E-state index contributed by atoms with van der Waals surface area (Å²) in [6.45, 7) is 5.44. The molecule has 1 saturated heterocycles. The lowest BCUT2D eigenvalue weighted by atomic mass is 10.1. The summed E-state index contributed by atoms with van der Waals surface area (Å²) in [7, 11) is 3.23. The van der Waals surface area contributed by atoms with Gasteiger partial charge in [-0.15, -0.1) is 10.2 Å². The second-order valence-corrected chi connectivity index (χ2v) is 10.9. The van der Waals surface area contributed by atoms with Gasteiger partial charge in [0.1, 0.15) is 11.5 Å². The standard InChI is InChI=1S/C31H33N5O4S/c1-21-5-7-23(8-6-21)29-32-33-31(36(29)25-11-15-27(40-4)16-12-25)41-20-28(37)34-17-18-35(22(2)19-34)30(38)24-9-13-26(39-3)14-10-24/h5-16,22H,17-20H2,1-4H3. The van der Waals surface area contributed by atoms with E-state index in [1.54, 1.807) is 38.5 Å². The van der Waals surface area contributed by atoms with Crippen LogP contribution in [0, 0.1) is 6.92 Å². The molecule has 10 heteroatoms. The number of thioether (sulfide) groups is 1. The first-order valence-corrected chi connectivity index (χ1v) is 14.4. The lowest BCUT2D eigenvalue weighted by Crippen LogP contribution is -2.55. The molecule has 212 valence electrons. The molecule has 2 heterocycles. The molecule has 1 aromatic heterocycles. The monoisotopic (exact) mass is 571 g/mol. The quantitative estimate of drug-likeness (QED) is 0.283. The smallest absolute Gasteiger partial charge is 0.254 e. The average Bonchev–Trinajstić information content (AvgIpc) is 3.43. The van der Waals surface area contributed by atoms with Gasteiger partial charge < -0.3 is 19.3 Å². The van der Waals surface area contributed by atoms with Gasteiger partial charge in [-0.25, -0.2) is 0 Å². The molecule has 5 rings (SSSR count). The number of ether oxygens (including phenoxy) is 2. The number of hydrogen-bond acceptors (Lipinski definition) is 7. The summed E-state index contributed by atoms with van der Waals surface area (Å²) in [6.07, 6.45) is 0. The van der Waals surface area contributed by atoms with Gasteiger partial charge in [0.2, 0.25) is 5.91 Å². The van der Waals surface area contributed by atoms with Crippen molar-refractivity contribution in [2.75, 3.05) is 39.6 Å². The molecule has 0 N–H and O–H groups in total. The first-order chi connectivity index (χ1) is 19.9. The number of carbonyl (C=O) groups is 2. The van der Waals surface area contributed by atoms with Crippen molar-refractivity contribution in [1.82, 2.24) is 24.6 Å². The van der Waals surface area contributed by atoms with Crippen LogP contribution in [-0.4, -0.2) is 82.0 Å². The lowest BCUT2D eigenvalue weighted by Gasteiger charge is -2.40. The molecule has 0 radical (unpaired) electrons. The molecular formula is C31H33N5O4S. The van der Waals surface area contributed by atoms with Crippen LogP contribution in [-0.2, 0) is 4.79 Å². The van der Waals surface area contributed by atoms with E-state index in [4.69, 9.17) is 9.47 Å². The summed E-state index contributed by atoms with van der Waals surface area (Å²) in [5.41, 5.74) is 3.57. The normalized spacial score (nSPS) is 15.1. The third-order valence-corrected chi connectivity index (χ3v) is 8.09. The van der Waals surface area contributed by atoms with Crippen LogP contribution in [0.5, 0.6) is 11.5 Å². The van der Waals surface area contributed by atoms with Gasteiger partial charge in [-0.05, 0) is 62.4 Å². The minimum Gasteiger partial charge on any atom is -0.497 e. The van der Waals surface area contributed by atoms with E-state index in [1.807, 2.05) is 76.7 Å². The Morgan fingerprint density at radius 2 is 1.51 bits per heavy atom. The highest BCUT2D eigenvalue weighted by molar-refractivity contribution is 7.99. The van der Waals surface area contributed by atoms with Gasteiger partial charge in [-0.2, -0.15) is 0 Å². The number of nitrogens with zero attached hydrogens (tertiary/aromatic N) is 5. The van der Waals surface area contributed by atoms with Crippen LogP contribution >= 0.6 is 11.8 Å². The first-order valence-electron chi connectivity index (χ1n) is 13.4. The summed E-state index contributed by atoms with van der Waals surface area (Å²) in [5.74, 6) is 2.32. The van der Waals surface area contributed by atoms with Crippen molar-refractivity contribution in [2.45, 2.75) is 25.0 Å². The SMILES string of the molecule is COc1ccc(C(=O)N2CCN(C(=O)CSc3nnc(-c4ccc(C)cc4)n3-c3ccc(OC)cc3)CC2C)cc1. The van der Waals surface area contributed by atoms with Crippen LogP contribution in [0.15, 0.2) is 78.0 Å². The fourth-order valence-electron chi connectivity index (χ4n) is 4.82. The second-order valence-electron chi connectivity index (χ2n) is 9.91. The molecule has 0 saturated carbocycles. The number of benzene rings is 3.